The lowest BCUT2D eigenvalue weighted by Crippen LogP contribution is -1.90. The fourth-order valence-electron chi connectivity index (χ4n) is 3.36. The number of thioether (sulfide) groups is 1. The zero-order valence-corrected chi connectivity index (χ0v) is 15.8. The van der Waals surface area contributed by atoms with Gasteiger partial charge in [-0.25, -0.2) is 0 Å². The van der Waals surface area contributed by atoms with Crippen molar-refractivity contribution in [1.82, 2.24) is 15.2 Å². The van der Waals surface area contributed by atoms with Gasteiger partial charge in [0.25, 0.3) is 0 Å². The van der Waals surface area contributed by atoms with Gasteiger partial charge in [0.05, 0.1) is 5.52 Å². The lowest BCUT2D eigenvalue weighted by molar-refractivity contribution is 1.02. The lowest BCUT2D eigenvalue weighted by atomic mass is 9.97. The predicted molar refractivity (Wildman–Crippen MR) is 110 cm³/mol. The minimum absolute atomic E-state index is 0.962. The number of hydrogen-bond donors (Lipinski definition) is 0. The van der Waals surface area contributed by atoms with Crippen molar-refractivity contribution in [3.05, 3.63) is 77.5 Å². The van der Waals surface area contributed by atoms with E-state index in [2.05, 4.69) is 57.7 Å². The quantitative estimate of drug-likeness (QED) is 0.447. The number of para-hydroxylation sites is 1. The molecule has 2 aromatic carbocycles. The SMILES string of the molecule is CSc1nnc(-c2ccc3c(c2)C(c2cnc4ccccc4c2)=CC3)s1. The highest BCUT2D eigenvalue weighted by Gasteiger charge is 2.18. The smallest absolute Gasteiger partial charge is 0.174 e. The van der Waals surface area contributed by atoms with Gasteiger partial charge in [-0.15, -0.1) is 10.2 Å². The molecule has 0 saturated carbocycles. The normalized spacial score (nSPS) is 13.0. The number of fused-ring (bicyclic) bond motifs is 2. The highest BCUT2D eigenvalue weighted by atomic mass is 32.2. The molecule has 126 valence electrons. The Labute approximate surface area is 159 Å². The van der Waals surface area contributed by atoms with Crippen LogP contribution in [0.3, 0.4) is 0 Å². The monoisotopic (exact) mass is 373 g/mol. The van der Waals surface area contributed by atoms with Crippen LogP contribution in [0.4, 0.5) is 0 Å². The Morgan fingerprint density at radius 3 is 2.81 bits per heavy atom. The topological polar surface area (TPSA) is 38.7 Å². The number of benzene rings is 2. The second-order valence-electron chi connectivity index (χ2n) is 6.19. The van der Waals surface area contributed by atoms with E-state index in [0.29, 0.717) is 0 Å². The van der Waals surface area contributed by atoms with Crippen LogP contribution in [-0.4, -0.2) is 21.4 Å². The standard InChI is InChI=1S/C21H15N3S2/c1-25-21-24-23-20(26-21)15-7-6-13-8-9-17(18(13)11-15)16-10-14-4-2-3-5-19(14)22-12-16/h2-7,9-12H,8H2,1H3. The van der Waals surface area contributed by atoms with E-state index < -0.39 is 0 Å². The summed E-state index contributed by atoms with van der Waals surface area (Å²) >= 11 is 3.27. The molecule has 0 atom stereocenters. The van der Waals surface area contributed by atoms with Crippen LogP contribution >= 0.6 is 23.1 Å². The second-order valence-corrected chi connectivity index (χ2v) is 8.22. The summed E-state index contributed by atoms with van der Waals surface area (Å²) in [5.41, 5.74) is 7.22. The van der Waals surface area contributed by atoms with E-state index in [1.807, 2.05) is 24.6 Å². The molecule has 0 saturated heterocycles. The van der Waals surface area contributed by atoms with Crippen LogP contribution in [0.25, 0.3) is 27.0 Å². The molecule has 5 heteroatoms. The molecule has 0 unspecified atom stereocenters. The van der Waals surface area contributed by atoms with Crippen LogP contribution in [-0.2, 0) is 6.42 Å². The second kappa shape index (κ2) is 6.34. The summed E-state index contributed by atoms with van der Waals surface area (Å²) in [7, 11) is 0. The molecular formula is C21H15N3S2. The van der Waals surface area contributed by atoms with Crippen molar-refractivity contribution in [2.24, 2.45) is 0 Å². The van der Waals surface area contributed by atoms with Crippen molar-refractivity contribution in [3.63, 3.8) is 0 Å². The van der Waals surface area contributed by atoms with Gasteiger partial charge in [-0.05, 0) is 47.6 Å². The van der Waals surface area contributed by atoms with E-state index in [1.54, 1.807) is 23.1 Å². The van der Waals surface area contributed by atoms with Crippen LogP contribution in [0.2, 0.25) is 0 Å². The van der Waals surface area contributed by atoms with Gasteiger partial charge in [0.1, 0.15) is 5.01 Å². The van der Waals surface area contributed by atoms with Gasteiger partial charge in [0, 0.05) is 22.7 Å². The van der Waals surface area contributed by atoms with Crippen LogP contribution in [0, 0.1) is 0 Å². The Kier molecular flexibility index (Phi) is 3.84. The third-order valence-electron chi connectivity index (χ3n) is 4.66. The molecule has 2 heterocycles. The fraction of sp³-hybridized carbons (Fsp3) is 0.0952. The summed E-state index contributed by atoms with van der Waals surface area (Å²) in [6, 6.07) is 17.1. The number of aromatic nitrogens is 3. The molecular weight excluding hydrogens is 358 g/mol. The van der Waals surface area contributed by atoms with Gasteiger partial charge in [-0.1, -0.05) is 59.5 Å². The van der Waals surface area contributed by atoms with Gasteiger partial charge in [-0.2, -0.15) is 0 Å². The molecule has 0 fully saturated rings. The number of allylic oxidation sites excluding steroid dienone is 1. The lowest BCUT2D eigenvalue weighted by Gasteiger charge is -2.09. The van der Waals surface area contributed by atoms with Gasteiger partial charge in [0.15, 0.2) is 4.34 Å². The van der Waals surface area contributed by atoms with Crippen LogP contribution < -0.4 is 0 Å². The van der Waals surface area contributed by atoms with Crippen molar-refractivity contribution in [1.29, 1.82) is 0 Å². The largest absolute Gasteiger partial charge is 0.256 e. The summed E-state index contributed by atoms with van der Waals surface area (Å²) in [5, 5.41) is 10.7. The minimum atomic E-state index is 0.962. The van der Waals surface area contributed by atoms with Crippen molar-refractivity contribution in [2.75, 3.05) is 6.26 Å². The molecule has 0 spiro atoms. The average Bonchev–Trinajstić information content (AvgIpc) is 3.34. The first-order valence-electron chi connectivity index (χ1n) is 8.38. The number of pyridine rings is 1. The highest BCUT2D eigenvalue weighted by Crippen LogP contribution is 2.37. The van der Waals surface area contributed by atoms with Crippen molar-refractivity contribution in [3.8, 4) is 10.6 Å². The molecule has 0 N–H and O–H groups in total. The summed E-state index contributed by atoms with van der Waals surface area (Å²) < 4.78 is 0.995. The predicted octanol–water partition coefficient (Wildman–Crippen LogP) is 5.46. The average molecular weight is 374 g/mol. The van der Waals surface area contributed by atoms with E-state index in [9.17, 15) is 0 Å². The van der Waals surface area contributed by atoms with Crippen LogP contribution in [0.5, 0.6) is 0 Å². The van der Waals surface area contributed by atoms with E-state index >= 15 is 0 Å². The van der Waals surface area contributed by atoms with Gasteiger partial charge < -0.3 is 0 Å². The third-order valence-corrected chi connectivity index (χ3v) is 6.60. The first-order chi connectivity index (χ1) is 12.8. The Balaban J connectivity index is 1.58. The van der Waals surface area contributed by atoms with E-state index in [0.717, 1.165) is 26.8 Å². The van der Waals surface area contributed by atoms with Crippen LogP contribution in [0.1, 0.15) is 16.7 Å². The molecule has 26 heavy (non-hydrogen) atoms. The first-order valence-corrected chi connectivity index (χ1v) is 10.4. The number of nitrogens with zero attached hydrogens (tertiary/aromatic N) is 3. The number of hydrogen-bond acceptors (Lipinski definition) is 5. The van der Waals surface area contributed by atoms with Crippen molar-refractivity contribution in [2.45, 2.75) is 10.8 Å². The Hall–Kier alpha value is -2.50. The molecule has 1 aliphatic rings. The molecule has 0 aliphatic heterocycles. The van der Waals surface area contributed by atoms with Crippen LogP contribution in [0.15, 0.2) is 65.1 Å². The minimum Gasteiger partial charge on any atom is -0.256 e. The Bertz CT molecular complexity index is 1160. The Morgan fingerprint density at radius 2 is 1.92 bits per heavy atom. The van der Waals surface area contributed by atoms with Gasteiger partial charge >= 0.3 is 0 Å². The first kappa shape index (κ1) is 15.7. The van der Waals surface area contributed by atoms with E-state index in [4.69, 9.17) is 0 Å². The molecule has 2 aromatic heterocycles. The summed E-state index contributed by atoms with van der Waals surface area (Å²) in [6.45, 7) is 0. The Morgan fingerprint density at radius 1 is 1.00 bits per heavy atom. The summed E-state index contributed by atoms with van der Waals surface area (Å²) in [6.07, 6.45) is 7.27. The maximum absolute atomic E-state index is 4.63. The third kappa shape index (κ3) is 2.64. The maximum atomic E-state index is 4.63. The summed E-state index contributed by atoms with van der Waals surface area (Å²) in [5.74, 6) is 0. The molecule has 0 radical (unpaired) electrons. The molecule has 0 bridgehead atoms. The van der Waals surface area contributed by atoms with E-state index in [-0.39, 0.29) is 0 Å². The zero-order valence-electron chi connectivity index (χ0n) is 14.1. The van der Waals surface area contributed by atoms with Crippen molar-refractivity contribution < 1.29 is 0 Å². The van der Waals surface area contributed by atoms with Gasteiger partial charge in [0.2, 0.25) is 0 Å². The molecule has 4 aromatic rings. The highest BCUT2D eigenvalue weighted by molar-refractivity contribution is 8.00. The van der Waals surface area contributed by atoms with E-state index in [1.165, 1.54) is 27.6 Å². The summed E-state index contributed by atoms with van der Waals surface area (Å²) in [4.78, 5) is 4.63. The molecule has 3 nitrogen and oxygen atoms in total. The molecule has 5 rings (SSSR count). The van der Waals surface area contributed by atoms with Gasteiger partial charge in [-0.3, -0.25) is 4.98 Å². The molecule has 0 amide bonds. The number of rotatable bonds is 3. The maximum Gasteiger partial charge on any atom is 0.174 e. The van der Waals surface area contributed by atoms with Crippen molar-refractivity contribution >= 4 is 39.6 Å². The zero-order chi connectivity index (χ0) is 17.5. The fourth-order valence-corrected chi connectivity index (χ4v) is 4.63. The molecule has 1 aliphatic carbocycles.